The first-order chi connectivity index (χ1) is 8.78. The standard InChI is InChI=1S/C15H13NO2/c1-18-13-6-4-11(5-7-13)9-12-10-16-8-2-3-14(16)15(12)17/h2-9H,10H2,1H3. The Kier molecular flexibility index (Phi) is 2.52. The molecular formula is C15H13NO2. The van der Waals surface area contributed by atoms with Gasteiger partial charge in [0.2, 0.25) is 5.78 Å². The maximum absolute atomic E-state index is 12.1. The van der Waals surface area contributed by atoms with Crippen LogP contribution in [0.1, 0.15) is 16.1 Å². The first kappa shape index (κ1) is 10.8. The summed E-state index contributed by atoms with van der Waals surface area (Å²) >= 11 is 0. The minimum atomic E-state index is 0.121. The van der Waals surface area contributed by atoms with E-state index in [9.17, 15) is 4.79 Å². The predicted molar refractivity (Wildman–Crippen MR) is 69.7 cm³/mol. The summed E-state index contributed by atoms with van der Waals surface area (Å²) in [6.45, 7) is 0.660. The van der Waals surface area contributed by atoms with Gasteiger partial charge in [0.25, 0.3) is 0 Å². The highest BCUT2D eigenvalue weighted by Gasteiger charge is 2.23. The zero-order valence-corrected chi connectivity index (χ0v) is 10.1. The van der Waals surface area contributed by atoms with Crippen LogP contribution in [0.15, 0.2) is 48.2 Å². The molecular weight excluding hydrogens is 226 g/mol. The topological polar surface area (TPSA) is 31.2 Å². The lowest BCUT2D eigenvalue weighted by Crippen LogP contribution is -1.94. The maximum Gasteiger partial charge on any atom is 0.207 e. The van der Waals surface area contributed by atoms with Crippen molar-refractivity contribution in [2.24, 2.45) is 0 Å². The van der Waals surface area contributed by atoms with Crippen LogP contribution >= 0.6 is 0 Å². The minimum absolute atomic E-state index is 0.121. The van der Waals surface area contributed by atoms with E-state index in [-0.39, 0.29) is 5.78 Å². The molecule has 0 unspecified atom stereocenters. The van der Waals surface area contributed by atoms with Crippen LogP contribution in [0.5, 0.6) is 5.75 Å². The number of carbonyl (C=O) groups is 1. The maximum atomic E-state index is 12.1. The lowest BCUT2D eigenvalue weighted by atomic mass is 10.1. The quantitative estimate of drug-likeness (QED) is 0.754. The second-order valence-corrected chi connectivity index (χ2v) is 4.29. The SMILES string of the molecule is COc1ccc(C=C2Cn3cccc3C2=O)cc1. The Labute approximate surface area is 105 Å². The van der Waals surface area contributed by atoms with Gasteiger partial charge in [0.05, 0.1) is 19.3 Å². The number of fused-ring (bicyclic) bond motifs is 1. The summed E-state index contributed by atoms with van der Waals surface area (Å²) in [5.74, 6) is 0.942. The van der Waals surface area contributed by atoms with Crippen molar-refractivity contribution in [2.45, 2.75) is 6.54 Å². The van der Waals surface area contributed by atoms with Crippen molar-refractivity contribution < 1.29 is 9.53 Å². The van der Waals surface area contributed by atoms with Crippen LogP contribution in [-0.4, -0.2) is 17.5 Å². The smallest absolute Gasteiger partial charge is 0.207 e. The van der Waals surface area contributed by atoms with Crippen LogP contribution in [0.2, 0.25) is 0 Å². The van der Waals surface area contributed by atoms with Gasteiger partial charge in [-0.2, -0.15) is 0 Å². The highest BCUT2D eigenvalue weighted by atomic mass is 16.5. The second kappa shape index (κ2) is 4.18. The summed E-state index contributed by atoms with van der Waals surface area (Å²) < 4.78 is 7.08. The molecule has 0 fully saturated rings. The summed E-state index contributed by atoms with van der Waals surface area (Å²) in [4.78, 5) is 12.1. The number of benzene rings is 1. The lowest BCUT2D eigenvalue weighted by Gasteiger charge is -2.00. The Hall–Kier alpha value is -2.29. The average Bonchev–Trinajstić information content (AvgIpc) is 2.95. The Bertz CT molecular complexity index is 620. The largest absolute Gasteiger partial charge is 0.497 e. The van der Waals surface area contributed by atoms with Gasteiger partial charge in [-0.15, -0.1) is 0 Å². The zero-order chi connectivity index (χ0) is 12.5. The molecule has 2 aromatic rings. The van der Waals surface area contributed by atoms with Gasteiger partial charge in [0.15, 0.2) is 0 Å². The molecule has 90 valence electrons. The third-order valence-corrected chi connectivity index (χ3v) is 3.15. The fourth-order valence-corrected chi connectivity index (χ4v) is 2.19. The molecule has 0 aliphatic carbocycles. The van der Waals surface area contributed by atoms with E-state index in [1.54, 1.807) is 7.11 Å². The number of nitrogens with zero attached hydrogens (tertiary/aromatic N) is 1. The number of carbonyl (C=O) groups excluding carboxylic acids is 1. The Morgan fingerprint density at radius 3 is 2.67 bits per heavy atom. The first-order valence-electron chi connectivity index (χ1n) is 5.82. The Morgan fingerprint density at radius 2 is 2.00 bits per heavy atom. The lowest BCUT2D eigenvalue weighted by molar-refractivity contribution is 0.103. The molecule has 0 saturated carbocycles. The molecule has 1 aliphatic rings. The fraction of sp³-hybridized carbons (Fsp3) is 0.133. The van der Waals surface area contributed by atoms with E-state index in [1.165, 1.54) is 0 Å². The van der Waals surface area contributed by atoms with E-state index >= 15 is 0 Å². The summed E-state index contributed by atoms with van der Waals surface area (Å²) in [5.41, 5.74) is 2.62. The molecule has 0 bridgehead atoms. The van der Waals surface area contributed by atoms with E-state index in [1.807, 2.05) is 53.2 Å². The van der Waals surface area contributed by atoms with Crippen LogP contribution < -0.4 is 4.74 Å². The number of hydrogen-bond acceptors (Lipinski definition) is 2. The van der Waals surface area contributed by atoms with Gasteiger partial charge in [0.1, 0.15) is 5.75 Å². The van der Waals surface area contributed by atoms with E-state index < -0.39 is 0 Å². The highest BCUT2D eigenvalue weighted by Crippen LogP contribution is 2.23. The molecule has 0 amide bonds. The van der Waals surface area contributed by atoms with Gasteiger partial charge in [0, 0.05) is 11.8 Å². The summed E-state index contributed by atoms with van der Waals surface area (Å²) in [6.07, 6.45) is 3.87. The van der Waals surface area contributed by atoms with E-state index in [0.717, 1.165) is 22.6 Å². The Balaban J connectivity index is 1.89. The van der Waals surface area contributed by atoms with Crippen molar-refractivity contribution >= 4 is 11.9 Å². The fourth-order valence-electron chi connectivity index (χ4n) is 2.19. The number of hydrogen-bond donors (Lipinski definition) is 0. The van der Waals surface area contributed by atoms with Gasteiger partial charge >= 0.3 is 0 Å². The molecule has 0 saturated heterocycles. The molecule has 0 atom stereocenters. The van der Waals surface area contributed by atoms with Crippen LogP contribution in [0, 0.1) is 0 Å². The number of aromatic nitrogens is 1. The van der Waals surface area contributed by atoms with Gasteiger partial charge in [-0.3, -0.25) is 4.79 Å². The first-order valence-corrected chi connectivity index (χ1v) is 5.82. The molecule has 1 aromatic heterocycles. The van der Waals surface area contributed by atoms with Gasteiger partial charge in [-0.05, 0) is 35.9 Å². The van der Waals surface area contributed by atoms with E-state index in [2.05, 4.69) is 0 Å². The molecule has 2 heterocycles. The number of Topliss-reactive ketones (excluding diaryl/α,β-unsaturated/α-hetero) is 1. The number of allylic oxidation sites excluding steroid dienone is 1. The molecule has 3 heteroatoms. The van der Waals surface area contributed by atoms with E-state index in [0.29, 0.717) is 6.54 Å². The molecule has 18 heavy (non-hydrogen) atoms. The minimum Gasteiger partial charge on any atom is -0.497 e. The van der Waals surface area contributed by atoms with Crippen molar-refractivity contribution in [3.63, 3.8) is 0 Å². The Morgan fingerprint density at radius 1 is 1.22 bits per heavy atom. The van der Waals surface area contributed by atoms with Crippen LogP contribution in [-0.2, 0) is 6.54 Å². The van der Waals surface area contributed by atoms with Crippen molar-refractivity contribution in [3.8, 4) is 5.75 Å². The summed E-state index contributed by atoms with van der Waals surface area (Å²) in [5, 5.41) is 0. The monoisotopic (exact) mass is 239 g/mol. The van der Waals surface area contributed by atoms with Crippen LogP contribution in [0.3, 0.4) is 0 Å². The van der Waals surface area contributed by atoms with Crippen LogP contribution in [0.4, 0.5) is 0 Å². The van der Waals surface area contributed by atoms with E-state index in [4.69, 9.17) is 4.74 Å². The third-order valence-electron chi connectivity index (χ3n) is 3.15. The number of methoxy groups -OCH3 is 1. The molecule has 3 nitrogen and oxygen atoms in total. The summed E-state index contributed by atoms with van der Waals surface area (Å²) in [6, 6.07) is 11.5. The second-order valence-electron chi connectivity index (χ2n) is 4.29. The summed E-state index contributed by atoms with van der Waals surface area (Å²) in [7, 11) is 1.64. The molecule has 0 radical (unpaired) electrons. The van der Waals surface area contributed by atoms with Crippen molar-refractivity contribution in [1.82, 2.24) is 4.57 Å². The van der Waals surface area contributed by atoms with Crippen molar-refractivity contribution in [1.29, 1.82) is 0 Å². The molecule has 3 rings (SSSR count). The van der Waals surface area contributed by atoms with Gasteiger partial charge in [-0.1, -0.05) is 12.1 Å². The average molecular weight is 239 g/mol. The zero-order valence-electron chi connectivity index (χ0n) is 10.1. The van der Waals surface area contributed by atoms with Crippen molar-refractivity contribution in [2.75, 3.05) is 7.11 Å². The molecule has 1 aliphatic heterocycles. The number of ketones is 1. The normalized spacial score (nSPS) is 16.1. The number of rotatable bonds is 2. The van der Waals surface area contributed by atoms with Gasteiger partial charge in [-0.25, -0.2) is 0 Å². The molecule has 0 spiro atoms. The van der Waals surface area contributed by atoms with Crippen LogP contribution in [0.25, 0.3) is 6.08 Å². The van der Waals surface area contributed by atoms with Gasteiger partial charge < -0.3 is 9.30 Å². The van der Waals surface area contributed by atoms with Crippen molar-refractivity contribution in [3.05, 3.63) is 59.4 Å². The number of ether oxygens (including phenoxy) is 1. The highest BCUT2D eigenvalue weighted by molar-refractivity contribution is 6.12. The predicted octanol–water partition coefficient (Wildman–Crippen LogP) is 2.78. The molecule has 0 N–H and O–H groups in total. The third kappa shape index (κ3) is 1.74. The molecule has 1 aromatic carbocycles.